The highest BCUT2D eigenvalue weighted by Crippen LogP contribution is 1.79. The molecule has 2 N–H and O–H groups in total. The Balaban J connectivity index is 3.50. The third kappa shape index (κ3) is 3.05. The lowest BCUT2D eigenvalue weighted by molar-refractivity contribution is 0.393. The topological polar surface area (TPSA) is 54.0 Å². The summed E-state index contributed by atoms with van der Waals surface area (Å²) in [7, 11) is 0. The molecule has 0 aliphatic heterocycles. The average Bonchev–Trinajstić information content (AvgIpc) is 1.83. The van der Waals surface area contributed by atoms with Crippen molar-refractivity contribution in [2.75, 3.05) is 0 Å². The van der Waals surface area contributed by atoms with Crippen molar-refractivity contribution in [3.05, 3.63) is 25.6 Å². The van der Waals surface area contributed by atoms with E-state index < -0.39 is 0 Å². The van der Waals surface area contributed by atoms with E-state index in [1.807, 2.05) is 0 Å². The molecule has 0 rings (SSSR count). The molecule has 0 saturated heterocycles. The van der Waals surface area contributed by atoms with E-state index in [4.69, 9.17) is 5.84 Å². The Morgan fingerprint density at radius 1 is 1.50 bits per heavy atom. The first kappa shape index (κ1) is 6.84. The molecule has 0 unspecified atom stereocenters. The lowest BCUT2D eigenvalue weighted by Crippen LogP contribution is -2.16. The first-order valence-electron chi connectivity index (χ1n) is 1.99. The van der Waals surface area contributed by atoms with Crippen LogP contribution in [0, 0.1) is 0 Å². The van der Waals surface area contributed by atoms with E-state index in [9.17, 15) is 0 Å². The normalized spacial score (nSPS) is 9.12. The third-order valence-electron chi connectivity index (χ3n) is 0.424. The van der Waals surface area contributed by atoms with E-state index in [2.05, 4.69) is 23.5 Å². The van der Waals surface area contributed by atoms with Crippen LogP contribution in [0.2, 0.25) is 0 Å². The molecule has 0 heterocycles. The molecule has 0 aliphatic carbocycles. The highest BCUT2D eigenvalue weighted by Gasteiger charge is 1.75. The Morgan fingerprint density at radius 2 is 2.12 bits per heavy atom. The van der Waals surface area contributed by atoms with Crippen LogP contribution in [0.1, 0.15) is 0 Å². The molecular weight excluding hydrogens is 104 g/mol. The van der Waals surface area contributed by atoms with Gasteiger partial charge in [0.2, 0.25) is 0 Å². The summed E-state index contributed by atoms with van der Waals surface area (Å²) < 4.78 is 0. The van der Waals surface area contributed by atoms with Crippen LogP contribution in [-0.2, 0) is 0 Å². The van der Waals surface area contributed by atoms with Gasteiger partial charge in [0.25, 0.3) is 0 Å². The fraction of sp³-hybridized carbons (Fsp3) is 0. The first-order valence-corrected chi connectivity index (χ1v) is 1.99. The summed E-state index contributed by atoms with van der Waals surface area (Å²) in [4.78, 5) is 0. The molecule has 0 amide bonds. The van der Waals surface area contributed by atoms with E-state index in [0.717, 1.165) is 5.12 Å². The summed E-state index contributed by atoms with van der Waals surface area (Å²) in [6.45, 7) is 6.62. The molecular formula is C4H8N4. The van der Waals surface area contributed by atoms with Crippen molar-refractivity contribution in [3.63, 3.8) is 0 Å². The Kier molecular flexibility index (Phi) is 3.43. The van der Waals surface area contributed by atoms with Crippen LogP contribution >= 0.6 is 0 Å². The van der Waals surface area contributed by atoms with Gasteiger partial charge in [-0.2, -0.15) is 5.12 Å². The van der Waals surface area contributed by atoms with Crippen molar-refractivity contribution in [3.8, 4) is 0 Å². The van der Waals surface area contributed by atoms with Gasteiger partial charge in [0.15, 0.2) is 0 Å². The van der Waals surface area contributed by atoms with E-state index >= 15 is 0 Å². The van der Waals surface area contributed by atoms with Crippen molar-refractivity contribution < 1.29 is 0 Å². The van der Waals surface area contributed by atoms with Crippen LogP contribution in [0.25, 0.3) is 0 Å². The van der Waals surface area contributed by atoms with Crippen molar-refractivity contribution >= 4 is 0 Å². The van der Waals surface area contributed by atoms with E-state index in [-0.39, 0.29) is 0 Å². The summed E-state index contributed by atoms with van der Waals surface area (Å²) in [6, 6.07) is 0. The van der Waals surface area contributed by atoms with Crippen LogP contribution in [0.4, 0.5) is 0 Å². The van der Waals surface area contributed by atoms with Crippen LogP contribution in [0.15, 0.2) is 35.9 Å². The predicted molar refractivity (Wildman–Crippen MR) is 31.3 cm³/mol. The maximum absolute atomic E-state index is 5.07. The maximum Gasteiger partial charge on any atom is 0.0441 e. The molecule has 0 atom stereocenters. The largest absolute Gasteiger partial charge is 0.226 e. The van der Waals surface area contributed by atoms with Gasteiger partial charge >= 0.3 is 0 Å². The zero-order valence-corrected chi connectivity index (χ0v) is 4.49. The molecule has 0 radical (unpaired) electrons. The second-order valence-electron chi connectivity index (χ2n) is 0.950. The molecule has 0 aromatic carbocycles. The predicted octanol–water partition coefficient (Wildman–Crippen LogP) is 0.816. The summed E-state index contributed by atoms with van der Waals surface area (Å²) >= 11 is 0. The lowest BCUT2D eigenvalue weighted by atomic mass is 11.0. The molecule has 0 bridgehead atoms. The number of hydrazine groups is 1. The summed E-state index contributed by atoms with van der Waals surface area (Å²) in [5, 5.41) is 7.71. The number of nitrogens with two attached hydrogens (primary N) is 1. The molecule has 4 heteroatoms. The number of hydrogen-bond donors (Lipinski definition) is 1. The molecule has 0 aromatic rings. The molecule has 0 spiro atoms. The fourth-order valence-electron chi connectivity index (χ4n) is 0.133. The Morgan fingerprint density at radius 3 is 2.50 bits per heavy atom. The molecule has 0 aliphatic rings. The zero-order valence-electron chi connectivity index (χ0n) is 4.49. The maximum atomic E-state index is 5.07. The molecule has 0 aromatic heterocycles. The molecule has 8 heavy (non-hydrogen) atoms. The number of nitrogens with zero attached hydrogens (tertiary/aromatic N) is 3. The van der Waals surface area contributed by atoms with Gasteiger partial charge in [0.05, 0.1) is 0 Å². The SMILES string of the molecule is C=C/N=N\N(N)C=C. The Bertz CT molecular complexity index is 107. The first-order chi connectivity index (χ1) is 3.81. The highest BCUT2D eigenvalue weighted by molar-refractivity contribution is 4.61. The summed E-state index contributed by atoms with van der Waals surface area (Å²) in [5.74, 6) is 5.07. The fourth-order valence-corrected chi connectivity index (χ4v) is 0.133. The van der Waals surface area contributed by atoms with Gasteiger partial charge in [-0.15, -0.1) is 5.11 Å². The van der Waals surface area contributed by atoms with E-state index in [1.54, 1.807) is 0 Å². The third-order valence-corrected chi connectivity index (χ3v) is 0.424. The zero-order chi connectivity index (χ0) is 6.41. The molecule has 0 saturated carbocycles. The van der Waals surface area contributed by atoms with Crippen LogP contribution in [-0.4, -0.2) is 5.12 Å². The van der Waals surface area contributed by atoms with Crippen LogP contribution < -0.4 is 5.84 Å². The van der Waals surface area contributed by atoms with Crippen molar-refractivity contribution in [1.82, 2.24) is 5.12 Å². The van der Waals surface area contributed by atoms with Crippen molar-refractivity contribution in [1.29, 1.82) is 0 Å². The molecule has 4 nitrogen and oxygen atoms in total. The van der Waals surface area contributed by atoms with Gasteiger partial charge in [-0.25, -0.2) is 5.84 Å². The smallest absolute Gasteiger partial charge is 0.0441 e. The average molecular weight is 112 g/mol. The van der Waals surface area contributed by atoms with Crippen molar-refractivity contribution in [2.45, 2.75) is 0 Å². The standard InChI is InChI=1S/C4H8N4/c1-3-6-7-8(5)4-2/h3-4H,1-2,5H2/b7-6-. The summed E-state index contributed by atoms with van der Waals surface area (Å²) in [5.41, 5.74) is 0. The minimum Gasteiger partial charge on any atom is -0.226 e. The van der Waals surface area contributed by atoms with E-state index in [0.29, 0.717) is 0 Å². The Labute approximate surface area is 47.9 Å². The minimum atomic E-state index is 0.988. The van der Waals surface area contributed by atoms with Gasteiger partial charge in [-0.05, 0) is 0 Å². The van der Waals surface area contributed by atoms with Gasteiger partial charge < -0.3 is 0 Å². The summed E-state index contributed by atoms with van der Waals surface area (Å²) in [6.07, 6.45) is 2.61. The van der Waals surface area contributed by atoms with E-state index in [1.165, 1.54) is 12.4 Å². The van der Waals surface area contributed by atoms with Crippen molar-refractivity contribution in [2.24, 2.45) is 16.2 Å². The second kappa shape index (κ2) is 4.01. The van der Waals surface area contributed by atoms with Gasteiger partial charge in [-0.1, -0.05) is 18.4 Å². The van der Waals surface area contributed by atoms with Crippen LogP contribution in [0.3, 0.4) is 0 Å². The number of hydrogen-bond acceptors (Lipinski definition) is 3. The van der Waals surface area contributed by atoms with Gasteiger partial charge in [-0.3, -0.25) is 0 Å². The lowest BCUT2D eigenvalue weighted by Gasteiger charge is -1.98. The highest BCUT2D eigenvalue weighted by atomic mass is 15.7. The molecule has 44 valence electrons. The second-order valence-corrected chi connectivity index (χ2v) is 0.950. The molecule has 0 fully saturated rings. The monoisotopic (exact) mass is 112 g/mol. The minimum absolute atomic E-state index is 0.988. The van der Waals surface area contributed by atoms with Crippen LogP contribution in [0.5, 0.6) is 0 Å². The van der Waals surface area contributed by atoms with Gasteiger partial charge in [0, 0.05) is 12.4 Å². The quantitative estimate of drug-likeness (QED) is 0.334. The Hall–Kier alpha value is -1.16. The van der Waals surface area contributed by atoms with Gasteiger partial charge in [0.1, 0.15) is 0 Å². The number of rotatable bonds is 3.